The van der Waals surface area contributed by atoms with Gasteiger partial charge in [0.1, 0.15) is 11.5 Å². The summed E-state index contributed by atoms with van der Waals surface area (Å²) in [4.78, 5) is 12.3. The van der Waals surface area contributed by atoms with E-state index in [1.54, 1.807) is 55.6 Å². The summed E-state index contributed by atoms with van der Waals surface area (Å²) in [5.41, 5.74) is 2.26. The lowest BCUT2D eigenvalue weighted by atomic mass is 10.2. The number of ether oxygens (including phenoxy) is 2. The second kappa shape index (κ2) is 7.53. The van der Waals surface area contributed by atoms with E-state index in [2.05, 4.69) is 10.4 Å². The molecule has 0 aliphatic rings. The molecule has 1 N–H and O–H groups in total. The molecule has 2 aromatic carbocycles. The van der Waals surface area contributed by atoms with Crippen molar-refractivity contribution in [1.29, 1.82) is 0 Å². The van der Waals surface area contributed by atoms with E-state index >= 15 is 0 Å². The van der Waals surface area contributed by atoms with Crippen molar-refractivity contribution < 1.29 is 14.3 Å². The van der Waals surface area contributed by atoms with Gasteiger partial charge in [0.25, 0.3) is 5.91 Å². The van der Waals surface area contributed by atoms with Gasteiger partial charge in [-0.15, -0.1) is 0 Å². The number of methoxy groups -OCH3 is 2. The fraction of sp³-hybridized carbons (Fsp3) is 0.158. The highest BCUT2D eigenvalue weighted by Crippen LogP contribution is 2.16. The van der Waals surface area contributed by atoms with Gasteiger partial charge in [-0.05, 0) is 42.0 Å². The summed E-state index contributed by atoms with van der Waals surface area (Å²) in [5, 5.41) is 7.12. The maximum atomic E-state index is 12.3. The minimum Gasteiger partial charge on any atom is -0.497 e. The predicted octanol–water partition coefficient (Wildman–Crippen LogP) is 3.20. The summed E-state index contributed by atoms with van der Waals surface area (Å²) in [6.45, 7) is 0.593. The van der Waals surface area contributed by atoms with Gasteiger partial charge < -0.3 is 14.8 Å². The number of nitrogens with zero attached hydrogens (tertiary/aromatic N) is 2. The molecule has 0 atom stereocenters. The molecule has 0 bridgehead atoms. The zero-order valence-corrected chi connectivity index (χ0v) is 14.1. The first kappa shape index (κ1) is 16.6. The lowest BCUT2D eigenvalue weighted by molar-refractivity contribution is 0.102. The van der Waals surface area contributed by atoms with Crippen LogP contribution in [0.4, 0.5) is 5.69 Å². The van der Waals surface area contributed by atoms with Gasteiger partial charge in [0, 0.05) is 11.8 Å². The van der Waals surface area contributed by atoms with Crippen LogP contribution < -0.4 is 14.8 Å². The molecule has 1 aromatic heterocycles. The molecular formula is C19H19N3O3. The zero-order chi connectivity index (χ0) is 17.6. The molecule has 0 unspecified atom stereocenters. The first-order chi connectivity index (χ1) is 12.2. The van der Waals surface area contributed by atoms with Gasteiger partial charge in [-0.25, -0.2) is 0 Å². The summed E-state index contributed by atoms with van der Waals surface area (Å²) < 4.78 is 12.1. The average Bonchev–Trinajstić information content (AvgIpc) is 3.08. The van der Waals surface area contributed by atoms with Crippen LogP contribution >= 0.6 is 0 Å². The second-order valence-corrected chi connectivity index (χ2v) is 5.46. The van der Waals surface area contributed by atoms with Crippen LogP contribution in [0.25, 0.3) is 0 Å². The normalized spacial score (nSPS) is 10.3. The van der Waals surface area contributed by atoms with Crippen molar-refractivity contribution in [2.24, 2.45) is 0 Å². The van der Waals surface area contributed by atoms with E-state index in [1.165, 1.54) is 0 Å². The van der Waals surface area contributed by atoms with Crippen molar-refractivity contribution in [3.05, 3.63) is 72.1 Å². The highest BCUT2D eigenvalue weighted by molar-refractivity contribution is 6.04. The first-order valence-corrected chi connectivity index (χ1v) is 7.79. The molecule has 3 aromatic rings. The molecule has 1 amide bonds. The largest absolute Gasteiger partial charge is 0.497 e. The molecule has 6 nitrogen and oxygen atoms in total. The number of nitrogens with one attached hydrogen (secondary N) is 1. The number of anilines is 1. The maximum absolute atomic E-state index is 12.3. The Morgan fingerprint density at radius 3 is 2.56 bits per heavy atom. The minimum absolute atomic E-state index is 0.191. The third kappa shape index (κ3) is 4.17. The van der Waals surface area contributed by atoms with Crippen molar-refractivity contribution in [3.63, 3.8) is 0 Å². The standard InChI is InChI=1S/C19H19N3O3/c1-24-17-8-6-15(7-9-17)19(23)21-16-11-20-22(13-16)12-14-4-3-5-18(10-14)25-2/h3-11,13H,12H2,1-2H3,(H,21,23). The van der Waals surface area contributed by atoms with Crippen LogP contribution in [0.2, 0.25) is 0 Å². The van der Waals surface area contributed by atoms with Crippen molar-refractivity contribution in [1.82, 2.24) is 9.78 Å². The SMILES string of the molecule is COc1ccc(C(=O)Nc2cnn(Cc3cccc(OC)c3)c2)cc1. The van der Waals surface area contributed by atoms with Crippen LogP contribution in [0.5, 0.6) is 11.5 Å². The zero-order valence-electron chi connectivity index (χ0n) is 14.1. The van der Waals surface area contributed by atoms with Crippen LogP contribution in [-0.4, -0.2) is 29.9 Å². The third-order valence-electron chi connectivity index (χ3n) is 3.72. The Labute approximate surface area is 146 Å². The number of hydrogen-bond acceptors (Lipinski definition) is 4. The fourth-order valence-corrected chi connectivity index (χ4v) is 2.42. The molecule has 6 heteroatoms. The van der Waals surface area contributed by atoms with Crippen LogP contribution in [0.1, 0.15) is 15.9 Å². The number of carbonyl (C=O) groups is 1. The lowest BCUT2D eigenvalue weighted by Gasteiger charge is -2.05. The Morgan fingerprint density at radius 2 is 1.84 bits per heavy atom. The highest BCUT2D eigenvalue weighted by atomic mass is 16.5. The van der Waals surface area contributed by atoms with Gasteiger partial charge in [-0.3, -0.25) is 9.48 Å². The molecule has 128 valence electrons. The predicted molar refractivity (Wildman–Crippen MR) is 95.3 cm³/mol. The molecule has 0 aliphatic heterocycles. The number of hydrogen-bond donors (Lipinski definition) is 1. The fourth-order valence-electron chi connectivity index (χ4n) is 2.42. The Hall–Kier alpha value is -3.28. The smallest absolute Gasteiger partial charge is 0.255 e. The van der Waals surface area contributed by atoms with Gasteiger partial charge in [0.15, 0.2) is 0 Å². The number of benzene rings is 2. The van der Waals surface area contributed by atoms with E-state index in [9.17, 15) is 4.79 Å². The Balaban J connectivity index is 1.65. The number of amides is 1. The topological polar surface area (TPSA) is 65.4 Å². The van der Waals surface area contributed by atoms with E-state index in [0.717, 1.165) is 11.3 Å². The molecule has 0 aliphatic carbocycles. The van der Waals surface area contributed by atoms with Crippen molar-refractivity contribution >= 4 is 11.6 Å². The minimum atomic E-state index is -0.191. The van der Waals surface area contributed by atoms with Gasteiger partial charge in [0.2, 0.25) is 0 Å². The summed E-state index contributed by atoms with van der Waals surface area (Å²) in [7, 11) is 3.23. The molecule has 3 rings (SSSR count). The van der Waals surface area contributed by atoms with Gasteiger partial charge in [-0.2, -0.15) is 5.10 Å². The molecule has 0 saturated carbocycles. The Kier molecular flexibility index (Phi) is 4.99. The molecule has 0 fully saturated rings. The van der Waals surface area contributed by atoms with E-state index in [1.807, 2.05) is 24.3 Å². The summed E-state index contributed by atoms with van der Waals surface area (Å²) in [6.07, 6.45) is 3.42. The van der Waals surface area contributed by atoms with Crippen LogP contribution in [0.3, 0.4) is 0 Å². The van der Waals surface area contributed by atoms with E-state index in [4.69, 9.17) is 9.47 Å². The van der Waals surface area contributed by atoms with Gasteiger partial charge in [0.05, 0.1) is 32.6 Å². The Morgan fingerprint density at radius 1 is 1.08 bits per heavy atom. The first-order valence-electron chi connectivity index (χ1n) is 7.79. The average molecular weight is 337 g/mol. The summed E-state index contributed by atoms with van der Waals surface area (Å²) >= 11 is 0. The van der Waals surface area contributed by atoms with E-state index in [-0.39, 0.29) is 5.91 Å². The molecule has 25 heavy (non-hydrogen) atoms. The monoisotopic (exact) mass is 337 g/mol. The number of rotatable bonds is 6. The van der Waals surface area contributed by atoms with Crippen molar-refractivity contribution in [3.8, 4) is 11.5 Å². The van der Waals surface area contributed by atoms with E-state index < -0.39 is 0 Å². The van der Waals surface area contributed by atoms with Crippen LogP contribution in [0, 0.1) is 0 Å². The molecular weight excluding hydrogens is 318 g/mol. The van der Waals surface area contributed by atoms with Crippen LogP contribution in [0.15, 0.2) is 60.9 Å². The maximum Gasteiger partial charge on any atom is 0.255 e. The molecule has 0 spiro atoms. The lowest BCUT2D eigenvalue weighted by Crippen LogP contribution is -2.11. The molecule has 1 heterocycles. The molecule has 0 radical (unpaired) electrons. The van der Waals surface area contributed by atoms with Gasteiger partial charge in [-0.1, -0.05) is 12.1 Å². The summed E-state index contributed by atoms with van der Waals surface area (Å²) in [5.74, 6) is 1.32. The molecule has 0 saturated heterocycles. The highest BCUT2D eigenvalue weighted by Gasteiger charge is 2.08. The quantitative estimate of drug-likeness (QED) is 0.750. The second-order valence-electron chi connectivity index (χ2n) is 5.46. The van der Waals surface area contributed by atoms with Crippen molar-refractivity contribution in [2.45, 2.75) is 6.54 Å². The summed E-state index contributed by atoms with van der Waals surface area (Å²) in [6, 6.07) is 14.7. The third-order valence-corrected chi connectivity index (χ3v) is 3.72. The van der Waals surface area contributed by atoms with Crippen LogP contribution in [-0.2, 0) is 6.54 Å². The number of carbonyl (C=O) groups excluding carboxylic acids is 1. The number of aromatic nitrogens is 2. The van der Waals surface area contributed by atoms with E-state index in [0.29, 0.717) is 23.5 Å². The van der Waals surface area contributed by atoms with Crippen molar-refractivity contribution in [2.75, 3.05) is 19.5 Å². The van der Waals surface area contributed by atoms with Gasteiger partial charge >= 0.3 is 0 Å². The Bertz CT molecular complexity index is 856.